The summed E-state index contributed by atoms with van der Waals surface area (Å²) in [5, 5.41) is 0.465. The number of hydrogen-bond acceptors (Lipinski definition) is 4. The van der Waals surface area contributed by atoms with Crippen molar-refractivity contribution in [2.24, 2.45) is 0 Å². The van der Waals surface area contributed by atoms with Gasteiger partial charge in [0.2, 0.25) is 5.91 Å². The number of carbonyl (C=O) groups excluding carboxylic acids is 1. The molecule has 2 aromatic carbocycles. The van der Waals surface area contributed by atoms with Crippen molar-refractivity contribution in [1.29, 1.82) is 0 Å². The molecule has 0 bridgehead atoms. The van der Waals surface area contributed by atoms with E-state index in [2.05, 4.69) is 53.7 Å². The fourth-order valence-electron chi connectivity index (χ4n) is 5.69. The Hall–Kier alpha value is -2.15. The standard InChI is InChI=1S/C29H36ClNO3SSi/c1-18(2)36(19(3)4,20(5)6)34-25-13-12-24(17-26(25)33-7)31-15-14-22-16-27(35-28(22)29(31)32)21-8-10-23(30)11-9-21/h8-14,16-20,28H,15H2,1-7H3. The van der Waals surface area contributed by atoms with Gasteiger partial charge in [0.25, 0.3) is 8.32 Å². The van der Waals surface area contributed by atoms with Crippen molar-refractivity contribution in [3.63, 3.8) is 0 Å². The fraction of sp³-hybridized carbons (Fsp3) is 0.414. The number of amides is 1. The summed E-state index contributed by atoms with van der Waals surface area (Å²) in [6.07, 6.45) is 4.27. The third-order valence-electron chi connectivity index (χ3n) is 7.43. The Bertz CT molecular complexity index is 1170. The Balaban J connectivity index is 1.58. The van der Waals surface area contributed by atoms with Crippen molar-refractivity contribution >= 4 is 48.2 Å². The summed E-state index contributed by atoms with van der Waals surface area (Å²) in [7, 11) is -0.469. The van der Waals surface area contributed by atoms with E-state index in [9.17, 15) is 4.79 Å². The zero-order valence-corrected chi connectivity index (χ0v) is 24.7. The van der Waals surface area contributed by atoms with Gasteiger partial charge in [-0.1, -0.05) is 71.4 Å². The number of hydrogen-bond donors (Lipinski definition) is 0. The highest BCUT2D eigenvalue weighted by Gasteiger charge is 2.47. The van der Waals surface area contributed by atoms with E-state index >= 15 is 0 Å². The van der Waals surface area contributed by atoms with Crippen LogP contribution in [0.25, 0.3) is 4.91 Å². The van der Waals surface area contributed by atoms with Crippen LogP contribution in [-0.4, -0.2) is 33.1 Å². The van der Waals surface area contributed by atoms with Gasteiger partial charge >= 0.3 is 0 Å². The van der Waals surface area contributed by atoms with Crippen LogP contribution in [0.3, 0.4) is 0 Å². The largest absolute Gasteiger partial charge is 0.540 e. The molecule has 0 saturated carbocycles. The van der Waals surface area contributed by atoms with Crippen molar-refractivity contribution in [2.45, 2.75) is 63.4 Å². The molecule has 0 N–H and O–H groups in total. The van der Waals surface area contributed by atoms with E-state index in [1.165, 1.54) is 0 Å². The molecular weight excluding hydrogens is 506 g/mol. The number of nitrogens with zero attached hydrogens (tertiary/aromatic N) is 1. The Morgan fingerprint density at radius 1 is 0.972 bits per heavy atom. The van der Waals surface area contributed by atoms with Gasteiger partial charge in [-0.05, 0) is 58.1 Å². The van der Waals surface area contributed by atoms with Crippen LogP contribution in [0, 0.1) is 0 Å². The van der Waals surface area contributed by atoms with E-state index in [4.69, 9.17) is 20.8 Å². The molecule has 2 aromatic rings. The predicted molar refractivity (Wildman–Crippen MR) is 156 cm³/mol. The Morgan fingerprint density at radius 3 is 2.19 bits per heavy atom. The molecule has 4 nitrogen and oxygen atoms in total. The van der Waals surface area contributed by atoms with Crippen LogP contribution >= 0.6 is 23.4 Å². The average molecular weight is 542 g/mol. The minimum Gasteiger partial charge on any atom is -0.540 e. The first kappa shape index (κ1) is 26.9. The minimum absolute atomic E-state index is 0.0868. The van der Waals surface area contributed by atoms with Gasteiger partial charge in [-0.25, -0.2) is 0 Å². The molecule has 0 saturated heterocycles. The minimum atomic E-state index is -2.14. The van der Waals surface area contributed by atoms with Gasteiger partial charge in [0.1, 0.15) is 11.0 Å². The summed E-state index contributed by atoms with van der Waals surface area (Å²) in [6.45, 7) is 14.2. The van der Waals surface area contributed by atoms with E-state index in [0.29, 0.717) is 33.9 Å². The summed E-state index contributed by atoms with van der Waals surface area (Å²) in [4.78, 5) is 16.5. The maximum Gasteiger partial charge on any atom is 0.258 e. The van der Waals surface area contributed by atoms with Gasteiger partial charge < -0.3 is 14.1 Å². The molecule has 0 spiro atoms. The number of thioether (sulfide) groups is 1. The predicted octanol–water partition coefficient (Wildman–Crippen LogP) is 8.33. The van der Waals surface area contributed by atoms with Crippen LogP contribution in [0.1, 0.15) is 47.1 Å². The van der Waals surface area contributed by atoms with E-state index in [1.54, 1.807) is 18.9 Å². The lowest BCUT2D eigenvalue weighted by Crippen LogP contribution is -2.50. The Kier molecular flexibility index (Phi) is 7.98. The third-order valence-corrected chi connectivity index (χ3v) is 15.0. The number of ether oxygens (including phenoxy) is 1. The molecule has 192 valence electrons. The maximum absolute atomic E-state index is 13.6. The quantitative estimate of drug-likeness (QED) is 0.315. The Labute approximate surface area is 225 Å². The molecule has 0 aromatic heterocycles. The lowest BCUT2D eigenvalue weighted by Gasteiger charge is -2.42. The van der Waals surface area contributed by atoms with Crippen LogP contribution in [0.4, 0.5) is 5.69 Å². The van der Waals surface area contributed by atoms with Crippen LogP contribution in [0.5, 0.6) is 11.5 Å². The number of fused-ring (bicyclic) bond motifs is 1. The number of methoxy groups -OCH3 is 1. The number of carbonyl (C=O) groups is 1. The highest BCUT2D eigenvalue weighted by atomic mass is 35.5. The zero-order chi connectivity index (χ0) is 26.2. The van der Waals surface area contributed by atoms with Gasteiger partial charge in [-0.15, -0.1) is 11.8 Å². The van der Waals surface area contributed by atoms with Crippen LogP contribution in [0.2, 0.25) is 21.6 Å². The molecule has 2 aliphatic heterocycles. The second-order valence-corrected chi connectivity index (χ2v) is 17.4. The highest BCUT2D eigenvalue weighted by Crippen LogP contribution is 2.47. The first-order valence-electron chi connectivity index (χ1n) is 12.6. The number of halogens is 1. The van der Waals surface area contributed by atoms with Crippen molar-refractivity contribution < 1.29 is 14.0 Å². The topological polar surface area (TPSA) is 38.8 Å². The van der Waals surface area contributed by atoms with Crippen LogP contribution < -0.4 is 14.1 Å². The lowest BCUT2D eigenvalue weighted by molar-refractivity contribution is -0.117. The lowest BCUT2D eigenvalue weighted by atomic mass is 10.0. The third kappa shape index (κ3) is 4.87. The molecule has 2 aliphatic rings. The van der Waals surface area contributed by atoms with Gasteiger partial charge in [0.15, 0.2) is 5.75 Å². The summed E-state index contributed by atoms with van der Waals surface area (Å²) < 4.78 is 12.7. The molecule has 1 unspecified atom stereocenters. The van der Waals surface area contributed by atoms with Crippen LogP contribution in [0.15, 0.2) is 60.2 Å². The highest BCUT2D eigenvalue weighted by molar-refractivity contribution is 8.10. The first-order valence-corrected chi connectivity index (χ1v) is 16.0. The molecule has 0 radical (unpaired) electrons. The van der Waals surface area contributed by atoms with Crippen molar-refractivity contribution in [3.8, 4) is 11.5 Å². The number of allylic oxidation sites excluding steroid dienone is 1. The molecule has 0 aliphatic carbocycles. The van der Waals surface area contributed by atoms with Gasteiger partial charge in [-0.2, -0.15) is 0 Å². The normalized spacial score (nSPS) is 18.0. The molecule has 36 heavy (non-hydrogen) atoms. The zero-order valence-electron chi connectivity index (χ0n) is 22.2. The number of rotatable bonds is 8. The fourth-order valence-corrected chi connectivity index (χ4v) is 12.3. The molecule has 0 fully saturated rings. The summed E-state index contributed by atoms with van der Waals surface area (Å²) in [5.41, 5.74) is 4.34. The van der Waals surface area contributed by atoms with E-state index in [-0.39, 0.29) is 11.2 Å². The number of anilines is 1. The first-order chi connectivity index (χ1) is 17.1. The Morgan fingerprint density at radius 2 is 1.61 bits per heavy atom. The molecule has 1 amide bonds. The molecule has 2 heterocycles. The summed E-state index contributed by atoms with van der Waals surface area (Å²) in [6, 6.07) is 13.7. The monoisotopic (exact) mass is 541 g/mol. The van der Waals surface area contributed by atoms with Crippen LogP contribution in [-0.2, 0) is 4.79 Å². The smallest absolute Gasteiger partial charge is 0.258 e. The number of benzene rings is 2. The van der Waals surface area contributed by atoms with E-state index in [0.717, 1.165) is 27.5 Å². The second kappa shape index (κ2) is 10.7. The summed E-state index contributed by atoms with van der Waals surface area (Å²) in [5.74, 6) is 1.53. The molecule has 1 atom stereocenters. The maximum atomic E-state index is 13.6. The van der Waals surface area contributed by atoms with Gasteiger partial charge in [0.05, 0.1) is 7.11 Å². The second-order valence-electron chi connectivity index (χ2n) is 10.4. The molecular formula is C29H36ClNO3SSi. The molecule has 7 heteroatoms. The van der Waals surface area contributed by atoms with Gasteiger partial charge in [0, 0.05) is 28.2 Å². The van der Waals surface area contributed by atoms with E-state index < -0.39 is 8.32 Å². The molecule has 4 rings (SSSR count). The van der Waals surface area contributed by atoms with Crippen molar-refractivity contribution in [3.05, 3.63) is 70.8 Å². The summed E-state index contributed by atoms with van der Waals surface area (Å²) >= 11 is 7.65. The SMILES string of the molecule is COc1cc(N2CC=C3C=C(c4ccc(Cl)cc4)SC3C2=O)ccc1O[Si](C(C)C)(C(C)C)C(C)C. The van der Waals surface area contributed by atoms with Crippen molar-refractivity contribution in [2.75, 3.05) is 18.6 Å². The van der Waals surface area contributed by atoms with E-state index in [1.807, 2.05) is 47.4 Å². The van der Waals surface area contributed by atoms with Crippen molar-refractivity contribution in [1.82, 2.24) is 0 Å². The average Bonchev–Trinajstić information content (AvgIpc) is 3.28. The van der Waals surface area contributed by atoms with Gasteiger partial charge in [-0.3, -0.25) is 4.79 Å².